The predicted octanol–water partition coefficient (Wildman–Crippen LogP) is 3.21. The van der Waals surface area contributed by atoms with Gasteiger partial charge in [0.2, 0.25) is 11.8 Å². The fraction of sp³-hybridized carbons (Fsp3) is 0.263. The molecule has 2 aromatic rings. The summed E-state index contributed by atoms with van der Waals surface area (Å²) in [4.78, 5) is 23.9. The second-order valence-corrected chi connectivity index (χ2v) is 5.87. The third kappa shape index (κ3) is 5.97. The van der Waals surface area contributed by atoms with Crippen molar-refractivity contribution in [3.05, 3.63) is 53.6 Å². The summed E-state index contributed by atoms with van der Waals surface area (Å²) in [5.74, 6) is 0.153. The van der Waals surface area contributed by atoms with Crippen LogP contribution in [-0.2, 0) is 9.59 Å². The Balaban J connectivity index is 0.00000338. The van der Waals surface area contributed by atoms with Crippen molar-refractivity contribution >= 4 is 35.6 Å². The first-order chi connectivity index (χ1) is 11.9. The average Bonchev–Trinajstić information content (AvgIpc) is 2.56. The highest BCUT2D eigenvalue weighted by Gasteiger charge is 2.18. The Kier molecular flexibility index (Phi) is 7.93. The zero-order valence-corrected chi connectivity index (χ0v) is 15.9. The van der Waals surface area contributed by atoms with Gasteiger partial charge in [0.05, 0.1) is 30.9 Å². The Morgan fingerprint density at radius 3 is 2.38 bits per heavy atom. The van der Waals surface area contributed by atoms with Gasteiger partial charge in [-0.15, -0.1) is 12.4 Å². The number of anilines is 2. The van der Waals surface area contributed by atoms with Gasteiger partial charge in [-0.3, -0.25) is 9.59 Å². The van der Waals surface area contributed by atoms with Crippen molar-refractivity contribution in [2.45, 2.75) is 26.3 Å². The van der Waals surface area contributed by atoms with E-state index in [0.717, 1.165) is 11.1 Å². The molecule has 0 aliphatic heterocycles. The van der Waals surface area contributed by atoms with Gasteiger partial charge in [0.1, 0.15) is 5.75 Å². The Bertz CT molecular complexity index is 763. The van der Waals surface area contributed by atoms with Gasteiger partial charge in [0.25, 0.3) is 0 Å². The molecule has 0 heterocycles. The third-order valence-corrected chi connectivity index (χ3v) is 3.78. The van der Waals surface area contributed by atoms with Crippen molar-refractivity contribution in [1.29, 1.82) is 0 Å². The lowest BCUT2D eigenvalue weighted by atomic mass is 10.0. The molecule has 0 bridgehead atoms. The van der Waals surface area contributed by atoms with Crippen LogP contribution in [0.1, 0.15) is 30.5 Å². The smallest absolute Gasteiger partial charge is 0.226 e. The number of carbonyl (C=O) groups is 2. The van der Waals surface area contributed by atoms with E-state index in [-0.39, 0.29) is 30.6 Å². The van der Waals surface area contributed by atoms with Gasteiger partial charge in [-0.25, -0.2) is 0 Å². The van der Waals surface area contributed by atoms with E-state index in [1.165, 1.54) is 6.92 Å². The number of nitrogen functional groups attached to an aromatic ring is 1. The zero-order chi connectivity index (χ0) is 18.4. The largest absolute Gasteiger partial charge is 0.497 e. The molecule has 140 valence electrons. The molecule has 0 saturated heterocycles. The van der Waals surface area contributed by atoms with E-state index in [1.807, 2.05) is 31.2 Å². The van der Waals surface area contributed by atoms with Gasteiger partial charge in [0.15, 0.2) is 0 Å². The molecule has 0 aliphatic carbocycles. The van der Waals surface area contributed by atoms with Gasteiger partial charge in [-0.1, -0.05) is 29.8 Å². The topological polar surface area (TPSA) is 93.4 Å². The van der Waals surface area contributed by atoms with Crippen molar-refractivity contribution in [3.63, 3.8) is 0 Å². The number of benzene rings is 2. The van der Waals surface area contributed by atoms with E-state index in [1.54, 1.807) is 25.3 Å². The summed E-state index contributed by atoms with van der Waals surface area (Å²) >= 11 is 0. The fourth-order valence-corrected chi connectivity index (χ4v) is 2.45. The lowest BCUT2D eigenvalue weighted by molar-refractivity contribution is -0.120. The number of aryl methyl sites for hydroxylation is 1. The molecule has 2 rings (SSSR count). The van der Waals surface area contributed by atoms with Crippen LogP contribution in [0.3, 0.4) is 0 Å². The van der Waals surface area contributed by atoms with E-state index in [2.05, 4.69) is 10.6 Å². The number of hydrogen-bond donors (Lipinski definition) is 3. The van der Waals surface area contributed by atoms with Crippen LogP contribution in [0.5, 0.6) is 5.75 Å². The molecule has 0 aromatic heterocycles. The van der Waals surface area contributed by atoms with E-state index < -0.39 is 6.04 Å². The number of nitrogens with two attached hydrogens (primary N) is 1. The van der Waals surface area contributed by atoms with Crippen LogP contribution >= 0.6 is 12.4 Å². The predicted molar refractivity (Wildman–Crippen MR) is 106 cm³/mol. The lowest BCUT2D eigenvalue weighted by Crippen LogP contribution is -2.29. The first kappa shape index (κ1) is 21.3. The van der Waals surface area contributed by atoms with Gasteiger partial charge >= 0.3 is 0 Å². The molecule has 4 N–H and O–H groups in total. The molecule has 2 aromatic carbocycles. The highest BCUT2D eigenvalue weighted by atomic mass is 35.5. The normalized spacial score (nSPS) is 11.0. The van der Waals surface area contributed by atoms with Gasteiger partial charge in [0, 0.05) is 13.0 Å². The lowest BCUT2D eigenvalue weighted by Gasteiger charge is -2.19. The van der Waals surface area contributed by atoms with Crippen LogP contribution in [0.2, 0.25) is 0 Å². The summed E-state index contributed by atoms with van der Waals surface area (Å²) in [6.45, 7) is 3.41. The molecule has 0 aliphatic rings. The summed E-state index contributed by atoms with van der Waals surface area (Å²) < 4.78 is 5.14. The Morgan fingerprint density at radius 2 is 1.81 bits per heavy atom. The second-order valence-electron chi connectivity index (χ2n) is 5.87. The minimum atomic E-state index is -0.412. The molecule has 26 heavy (non-hydrogen) atoms. The Morgan fingerprint density at radius 1 is 1.15 bits per heavy atom. The maximum atomic E-state index is 12.4. The fourth-order valence-electron chi connectivity index (χ4n) is 2.45. The maximum absolute atomic E-state index is 12.4. The second kappa shape index (κ2) is 9.68. The van der Waals surface area contributed by atoms with Gasteiger partial charge in [-0.2, -0.15) is 0 Å². The first-order valence-electron chi connectivity index (χ1n) is 7.96. The van der Waals surface area contributed by atoms with Gasteiger partial charge in [-0.05, 0) is 24.6 Å². The maximum Gasteiger partial charge on any atom is 0.226 e. The molecule has 1 atom stereocenters. The molecule has 6 nitrogen and oxygen atoms in total. The molecule has 0 radical (unpaired) electrons. The van der Waals surface area contributed by atoms with Crippen LogP contribution in [-0.4, -0.2) is 18.9 Å². The number of nitrogens with one attached hydrogen (secondary N) is 2. The highest BCUT2D eigenvalue weighted by molar-refractivity contribution is 5.94. The summed E-state index contributed by atoms with van der Waals surface area (Å²) in [6, 6.07) is 12.3. The molecular formula is C19H24ClN3O3. The summed E-state index contributed by atoms with van der Waals surface area (Å²) in [6.07, 6.45) is 0.0965. The molecule has 2 amide bonds. The molecule has 1 unspecified atom stereocenters. The number of amides is 2. The van der Waals surface area contributed by atoms with E-state index in [4.69, 9.17) is 10.5 Å². The standard InChI is InChI=1S/C19H23N3O3.ClH/c1-12-4-6-14(7-5-12)17(21-13(2)23)11-19(24)22-18-10-15(25-3)8-9-16(18)20;/h4-10,17H,11,20H2,1-3H3,(H,21,23)(H,22,24);1H. The summed E-state index contributed by atoms with van der Waals surface area (Å²) in [5, 5.41) is 5.59. The third-order valence-electron chi connectivity index (χ3n) is 3.78. The monoisotopic (exact) mass is 377 g/mol. The number of hydrogen-bond acceptors (Lipinski definition) is 4. The molecular weight excluding hydrogens is 354 g/mol. The summed E-state index contributed by atoms with van der Waals surface area (Å²) in [5.41, 5.74) is 8.80. The van der Waals surface area contributed by atoms with E-state index in [0.29, 0.717) is 17.1 Å². The van der Waals surface area contributed by atoms with Crippen LogP contribution in [0, 0.1) is 6.92 Å². The number of methoxy groups -OCH3 is 1. The minimum absolute atomic E-state index is 0. The summed E-state index contributed by atoms with van der Waals surface area (Å²) in [7, 11) is 1.54. The highest BCUT2D eigenvalue weighted by Crippen LogP contribution is 2.25. The minimum Gasteiger partial charge on any atom is -0.497 e. The number of carbonyl (C=O) groups excluding carboxylic acids is 2. The first-order valence-corrected chi connectivity index (χ1v) is 7.96. The molecule has 0 saturated carbocycles. The van der Waals surface area contributed by atoms with Crippen LogP contribution < -0.4 is 21.1 Å². The van der Waals surface area contributed by atoms with Crippen LogP contribution in [0.4, 0.5) is 11.4 Å². The van der Waals surface area contributed by atoms with Crippen molar-refractivity contribution in [1.82, 2.24) is 5.32 Å². The van der Waals surface area contributed by atoms with Crippen molar-refractivity contribution in [3.8, 4) is 5.75 Å². The molecule has 7 heteroatoms. The molecule has 0 fully saturated rings. The van der Waals surface area contributed by atoms with Crippen molar-refractivity contribution in [2.75, 3.05) is 18.2 Å². The van der Waals surface area contributed by atoms with E-state index >= 15 is 0 Å². The molecule has 0 spiro atoms. The number of ether oxygens (including phenoxy) is 1. The number of halogens is 1. The Labute approximate surface area is 159 Å². The van der Waals surface area contributed by atoms with Crippen LogP contribution in [0.15, 0.2) is 42.5 Å². The average molecular weight is 378 g/mol. The quantitative estimate of drug-likeness (QED) is 0.674. The zero-order valence-electron chi connectivity index (χ0n) is 15.0. The van der Waals surface area contributed by atoms with Gasteiger partial charge < -0.3 is 21.1 Å². The Hall–Kier alpha value is -2.73. The van der Waals surface area contributed by atoms with Crippen LogP contribution in [0.25, 0.3) is 0 Å². The van der Waals surface area contributed by atoms with E-state index in [9.17, 15) is 9.59 Å². The van der Waals surface area contributed by atoms with Crippen molar-refractivity contribution < 1.29 is 14.3 Å². The number of rotatable bonds is 6. The SMILES string of the molecule is COc1ccc(N)c(NC(=O)CC(NC(C)=O)c2ccc(C)cc2)c1.Cl. The van der Waals surface area contributed by atoms with Crippen molar-refractivity contribution in [2.24, 2.45) is 0 Å².